The Labute approximate surface area is 188 Å². The fourth-order valence-corrected chi connectivity index (χ4v) is 3.71. The molecule has 0 unspecified atom stereocenters. The Morgan fingerprint density at radius 1 is 0.938 bits per heavy atom. The quantitative estimate of drug-likeness (QED) is 0.296. The number of hydrogen-bond acceptors (Lipinski definition) is 3. The van der Waals surface area contributed by atoms with Crippen LogP contribution in [-0.4, -0.2) is 16.6 Å². The third-order valence-corrected chi connectivity index (χ3v) is 5.35. The molecule has 0 aliphatic rings. The second-order valence-corrected chi connectivity index (χ2v) is 7.93. The van der Waals surface area contributed by atoms with Crippen molar-refractivity contribution in [1.29, 1.82) is 0 Å². The average molecular weight is 426 g/mol. The highest BCUT2D eigenvalue weighted by molar-refractivity contribution is 5.92. The van der Waals surface area contributed by atoms with E-state index >= 15 is 0 Å². The summed E-state index contributed by atoms with van der Waals surface area (Å²) < 4.78 is 5.97. The van der Waals surface area contributed by atoms with E-state index in [1.54, 1.807) is 0 Å². The SMILES string of the molecule is C/C(Cc1ccccc1)=N\NC(=O)Cc1c(C)[nH]c2ccc(OCc3ccccc3)cc12. The van der Waals surface area contributed by atoms with Gasteiger partial charge in [0.2, 0.25) is 5.91 Å². The molecular weight excluding hydrogens is 398 g/mol. The number of amides is 1. The molecule has 0 radical (unpaired) electrons. The molecule has 1 aromatic heterocycles. The number of aromatic nitrogens is 1. The Kier molecular flexibility index (Phi) is 6.66. The molecule has 4 aromatic rings. The predicted octanol–water partition coefficient (Wildman–Crippen LogP) is 5.33. The molecule has 162 valence electrons. The molecular formula is C27H27N3O2. The molecule has 0 saturated heterocycles. The fraction of sp³-hybridized carbons (Fsp3) is 0.185. The topological polar surface area (TPSA) is 66.5 Å². The minimum Gasteiger partial charge on any atom is -0.489 e. The van der Waals surface area contributed by atoms with Gasteiger partial charge in [0, 0.05) is 28.7 Å². The van der Waals surface area contributed by atoms with Crippen molar-refractivity contribution in [2.45, 2.75) is 33.3 Å². The summed E-state index contributed by atoms with van der Waals surface area (Å²) in [5.74, 6) is 0.635. The molecule has 0 aliphatic heterocycles. The maximum atomic E-state index is 12.6. The number of aryl methyl sites for hydroxylation is 1. The van der Waals surface area contributed by atoms with Crippen molar-refractivity contribution in [3.8, 4) is 5.75 Å². The molecule has 1 amide bonds. The number of hydrogen-bond donors (Lipinski definition) is 2. The number of fused-ring (bicyclic) bond motifs is 1. The van der Waals surface area contributed by atoms with Crippen molar-refractivity contribution in [2.24, 2.45) is 5.10 Å². The Balaban J connectivity index is 1.43. The van der Waals surface area contributed by atoms with Crippen molar-refractivity contribution in [3.63, 3.8) is 0 Å². The van der Waals surface area contributed by atoms with E-state index in [0.717, 1.165) is 39.2 Å². The fourth-order valence-electron chi connectivity index (χ4n) is 3.71. The van der Waals surface area contributed by atoms with Crippen LogP contribution in [0, 0.1) is 6.92 Å². The highest BCUT2D eigenvalue weighted by atomic mass is 16.5. The molecule has 0 atom stereocenters. The molecule has 1 heterocycles. The number of ether oxygens (including phenoxy) is 1. The molecule has 5 heteroatoms. The number of H-pyrrole nitrogens is 1. The lowest BCUT2D eigenvalue weighted by molar-refractivity contribution is -0.120. The van der Waals surface area contributed by atoms with Gasteiger partial charge in [-0.15, -0.1) is 0 Å². The third-order valence-electron chi connectivity index (χ3n) is 5.35. The summed E-state index contributed by atoms with van der Waals surface area (Å²) in [5.41, 5.74) is 8.75. The summed E-state index contributed by atoms with van der Waals surface area (Å²) >= 11 is 0. The molecule has 0 aliphatic carbocycles. The molecule has 2 N–H and O–H groups in total. The van der Waals surface area contributed by atoms with E-state index in [9.17, 15) is 4.79 Å². The van der Waals surface area contributed by atoms with Crippen LogP contribution in [0.4, 0.5) is 0 Å². The van der Waals surface area contributed by atoms with Crippen molar-refractivity contribution < 1.29 is 9.53 Å². The number of nitrogens with one attached hydrogen (secondary N) is 2. The largest absolute Gasteiger partial charge is 0.489 e. The number of rotatable bonds is 8. The molecule has 0 fully saturated rings. The third kappa shape index (κ3) is 5.43. The zero-order valence-electron chi connectivity index (χ0n) is 18.4. The maximum absolute atomic E-state index is 12.6. The summed E-state index contributed by atoms with van der Waals surface area (Å²) in [5, 5.41) is 5.27. The first-order valence-corrected chi connectivity index (χ1v) is 10.7. The van der Waals surface area contributed by atoms with E-state index in [1.807, 2.05) is 92.7 Å². The predicted molar refractivity (Wildman–Crippen MR) is 129 cm³/mol. The van der Waals surface area contributed by atoms with Gasteiger partial charge >= 0.3 is 0 Å². The molecule has 0 saturated carbocycles. The minimum atomic E-state index is -0.142. The summed E-state index contributed by atoms with van der Waals surface area (Å²) in [4.78, 5) is 16.0. The Morgan fingerprint density at radius 2 is 1.62 bits per heavy atom. The smallest absolute Gasteiger partial charge is 0.244 e. The van der Waals surface area contributed by atoms with Crippen molar-refractivity contribution in [2.75, 3.05) is 0 Å². The first kappa shape index (κ1) is 21.4. The van der Waals surface area contributed by atoms with E-state index in [0.29, 0.717) is 13.0 Å². The van der Waals surface area contributed by atoms with E-state index in [2.05, 4.69) is 15.5 Å². The Morgan fingerprint density at radius 3 is 2.34 bits per heavy atom. The van der Waals surface area contributed by atoms with Crippen LogP contribution in [0.25, 0.3) is 10.9 Å². The lowest BCUT2D eigenvalue weighted by atomic mass is 10.1. The zero-order chi connectivity index (χ0) is 22.3. The number of carbonyl (C=O) groups is 1. The van der Waals surface area contributed by atoms with Crippen LogP contribution in [0.2, 0.25) is 0 Å². The van der Waals surface area contributed by atoms with E-state index in [-0.39, 0.29) is 12.3 Å². The molecule has 0 bridgehead atoms. The summed E-state index contributed by atoms with van der Waals surface area (Å²) in [6, 6.07) is 26.1. The van der Waals surface area contributed by atoms with Crippen molar-refractivity contribution in [3.05, 3.63) is 101 Å². The van der Waals surface area contributed by atoms with Crippen LogP contribution >= 0.6 is 0 Å². The number of hydrazone groups is 1. The van der Waals surface area contributed by atoms with Crippen LogP contribution in [0.5, 0.6) is 5.75 Å². The average Bonchev–Trinajstić information content (AvgIpc) is 3.12. The van der Waals surface area contributed by atoms with Gasteiger partial charge in [0.25, 0.3) is 0 Å². The highest BCUT2D eigenvalue weighted by Gasteiger charge is 2.13. The summed E-state index contributed by atoms with van der Waals surface area (Å²) in [6.45, 7) is 4.40. The molecule has 5 nitrogen and oxygen atoms in total. The van der Waals surface area contributed by atoms with Crippen LogP contribution in [0.1, 0.15) is 29.3 Å². The lowest BCUT2D eigenvalue weighted by Crippen LogP contribution is -2.21. The highest BCUT2D eigenvalue weighted by Crippen LogP contribution is 2.27. The Hall–Kier alpha value is -3.86. The maximum Gasteiger partial charge on any atom is 0.244 e. The molecule has 4 rings (SSSR count). The van der Waals surface area contributed by atoms with Gasteiger partial charge in [-0.3, -0.25) is 4.79 Å². The first-order valence-electron chi connectivity index (χ1n) is 10.7. The van der Waals surface area contributed by atoms with Gasteiger partial charge < -0.3 is 9.72 Å². The van der Waals surface area contributed by atoms with E-state index < -0.39 is 0 Å². The van der Waals surface area contributed by atoms with Gasteiger partial charge in [-0.25, -0.2) is 5.43 Å². The van der Waals surface area contributed by atoms with Crippen molar-refractivity contribution in [1.82, 2.24) is 10.4 Å². The van der Waals surface area contributed by atoms with Crippen molar-refractivity contribution >= 4 is 22.5 Å². The number of benzene rings is 3. The standard InChI is InChI=1S/C27H27N3O2/c1-19(15-21-9-5-3-6-10-21)29-30-27(31)17-24-20(2)28-26-14-13-23(16-25(24)26)32-18-22-11-7-4-8-12-22/h3-14,16,28H,15,17-18H2,1-2H3,(H,30,31)/b29-19+. The number of carbonyl (C=O) groups excluding carboxylic acids is 1. The normalized spacial score (nSPS) is 11.5. The van der Waals surface area contributed by atoms with Crippen LogP contribution < -0.4 is 10.2 Å². The monoisotopic (exact) mass is 425 g/mol. The van der Waals surface area contributed by atoms with E-state index in [4.69, 9.17) is 4.74 Å². The van der Waals surface area contributed by atoms with Crippen LogP contribution in [0.3, 0.4) is 0 Å². The lowest BCUT2D eigenvalue weighted by Gasteiger charge is -2.07. The molecule has 32 heavy (non-hydrogen) atoms. The molecule has 3 aromatic carbocycles. The first-order chi connectivity index (χ1) is 15.6. The zero-order valence-corrected chi connectivity index (χ0v) is 18.4. The van der Waals surface area contributed by atoms with Gasteiger partial charge in [0.15, 0.2) is 0 Å². The summed E-state index contributed by atoms with van der Waals surface area (Å²) in [6.07, 6.45) is 0.950. The Bertz CT molecular complexity index is 1230. The molecule has 0 spiro atoms. The second-order valence-electron chi connectivity index (χ2n) is 7.93. The van der Waals surface area contributed by atoms with Gasteiger partial charge in [0.1, 0.15) is 12.4 Å². The van der Waals surface area contributed by atoms with Gasteiger partial charge in [-0.2, -0.15) is 5.10 Å². The van der Waals surface area contributed by atoms with Gasteiger partial charge in [0.05, 0.1) is 6.42 Å². The van der Waals surface area contributed by atoms with E-state index in [1.165, 1.54) is 5.56 Å². The van der Waals surface area contributed by atoms with Crippen LogP contribution in [0.15, 0.2) is 84.0 Å². The summed E-state index contributed by atoms with van der Waals surface area (Å²) in [7, 11) is 0. The second kappa shape index (κ2) is 9.96. The van der Waals surface area contributed by atoms with Gasteiger partial charge in [-0.1, -0.05) is 60.7 Å². The number of aromatic amines is 1. The number of nitrogens with zero attached hydrogens (tertiary/aromatic N) is 1. The minimum absolute atomic E-state index is 0.142. The van der Waals surface area contributed by atoms with Gasteiger partial charge in [-0.05, 0) is 48.7 Å². The van der Waals surface area contributed by atoms with Crippen LogP contribution in [-0.2, 0) is 24.2 Å².